The molecule has 0 fully saturated rings. The zero-order valence-corrected chi connectivity index (χ0v) is 6.78. The van der Waals surface area contributed by atoms with Crippen LogP contribution in [0.2, 0.25) is 0 Å². The van der Waals surface area contributed by atoms with E-state index in [1.54, 1.807) is 19.9 Å². The first-order valence-corrected chi connectivity index (χ1v) is 3.39. The lowest BCUT2D eigenvalue weighted by Gasteiger charge is -1.99. The second-order valence-corrected chi connectivity index (χ2v) is 2.33. The summed E-state index contributed by atoms with van der Waals surface area (Å²) in [4.78, 5) is 0. The van der Waals surface area contributed by atoms with Gasteiger partial charge in [0, 0.05) is 11.4 Å². The maximum atomic E-state index is 7.28. The summed E-state index contributed by atoms with van der Waals surface area (Å²) in [5.41, 5.74) is 2.03. The van der Waals surface area contributed by atoms with Crippen molar-refractivity contribution in [3.63, 3.8) is 0 Å². The summed E-state index contributed by atoms with van der Waals surface area (Å²) in [6.07, 6.45) is 2.58. The van der Waals surface area contributed by atoms with E-state index < -0.39 is 0 Å². The van der Waals surface area contributed by atoms with Crippen molar-refractivity contribution in [1.82, 2.24) is 0 Å². The molecule has 0 spiro atoms. The molecule has 10 heavy (non-hydrogen) atoms. The average molecular weight is 138 g/mol. The van der Waals surface area contributed by atoms with Gasteiger partial charge in [0.1, 0.15) is 0 Å². The van der Waals surface area contributed by atoms with Crippen LogP contribution in [0.15, 0.2) is 11.6 Å². The third kappa shape index (κ3) is 3.17. The van der Waals surface area contributed by atoms with Gasteiger partial charge in [-0.3, -0.25) is 0 Å². The largest absolute Gasteiger partial charge is 0.306 e. The van der Waals surface area contributed by atoms with Crippen molar-refractivity contribution < 1.29 is 0 Å². The van der Waals surface area contributed by atoms with Crippen LogP contribution in [0.4, 0.5) is 0 Å². The molecule has 0 atom stereocenters. The van der Waals surface area contributed by atoms with Crippen molar-refractivity contribution in [2.75, 3.05) is 0 Å². The highest BCUT2D eigenvalue weighted by molar-refractivity contribution is 6.03. The number of allylic oxidation sites excluding steroid dienone is 2. The van der Waals surface area contributed by atoms with E-state index in [4.69, 9.17) is 10.8 Å². The van der Waals surface area contributed by atoms with Gasteiger partial charge < -0.3 is 10.8 Å². The van der Waals surface area contributed by atoms with Gasteiger partial charge in [-0.05, 0) is 31.9 Å². The molecule has 0 aromatic carbocycles. The smallest absolute Gasteiger partial charge is 0.0315 e. The van der Waals surface area contributed by atoms with Crippen LogP contribution in [0.5, 0.6) is 0 Å². The van der Waals surface area contributed by atoms with Gasteiger partial charge in [-0.2, -0.15) is 0 Å². The fourth-order valence-corrected chi connectivity index (χ4v) is 0.737. The Balaban J connectivity index is 4.34. The molecule has 0 saturated heterocycles. The Kier molecular flexibility index (Phi) is 3.62. The van der Waals surface area contributed by atoms with E-state index in [0.717, 1.165) is 12.0 Å². The molecule has 0 aliphatic heterocycles. The maximum Gasteiger partial charge on any atom is 0.0315 e. The number of hydrogen-bond donors (Lipinski definition) is 2. The molecule has 0 aromatic rings. The van der Waals surface area contributed by atoms with Crippen LogP contribution in [-0.2, 0) is 0 Å². The third-order valence-corrected chi connectivity index (χ3v) is 1.25. The van der Waals surface area contributed by atoms with E-state index in [1.165, 1.54) is 0 Å². The Morgan fingerprint density at radius 2 is 1.80 bits per heavy atom. The lowest BCUT2D eigenvalue weighted by atomic mass is 10.1. The Bertz CT molecular complexity index is 178. The van der Waals surface area contributed by atoms with E-state index in [0.29, 0.717) is 11.4 Å². The van der Waals surface area contributed by atoms with Crippen LogP contribution in [0.1, 0.15) is 27.2 Å². The SMILES string of the molecule is CC/C(=C/C(C)=N)C(C)=N. The molecule has 2 N–H and O–H groups in total. The zero-order chi connectivity index (χ0) is 8.15. The molecule has 56 valence electrons. The minimum Gasteiger partial charge on any atom is -0.306 e. The van der Waals surface area contributed by atoms with Crippen LogP contribution in [-0.4, -0.2) is 11.4 Å². The van der Waals surface area contributed by atoms with Gasteiger partial charge in [-0.15, -0.1) is 0 Å². The van der Waals surface area contributed by atoms with Gasteiger partial charge in [-0.25, -0.2) is 0 Å². The fourth-order valence-electron chi connectivity index (χ4n) is 0.737. The van der Waals surface area contributed by atoms with Crippen molar-refractivity contribution in [2.45, 2.75) is 27.2 Å². The first-order valence-electron chi connectivity index (χ1n) is 3.39. The predicted molar refractivity (Wildman–Crippen MR) is 45.2 cm³/mol. The van der Waals surface area contributed by atoms with Gasteiger partial charge >= 0.3 is 0 Å². The summed E-state index contributed by atoms with van der Waals surface area (Å²) in [5.74, 6) is 0. The van der Waals surface area contributed by atoms with Crippen LogP contribution in [0.25, 0.3) is 0 Å². The average Bonchev–Trinajstić information content (AvgIpc) is 1.81. The summed E-state index contributed by atoms with van der Waals surface area (Å²) in [6, 6.07) is 0. The van der Waals surface area contributed by atoms with E-state index >= 15 is 0 Å². The molecular weight excluding hydrogens is 124 g/mol. The number of rotatable bonds is 3. The summed E-state index contributed by atoms with van der Waals surface area (Å²) in [6.45, 7) is 5.46. The molecule has 2 heteroatoms. The van der Waals surface area contributed by atoms with Crippen LogP contribution in [0, 0.1) is 10.8 Å². The summed E-state index contributed by atoms with van der Waals surface area (Å²) >= 11 is 0. The molecule has 0 heterocycles. The van der Waals surface area contributed by atoms with Crippen LogP contribution in [0.3, 0.4) is 0 Å². The first kappa shape index (κ1) is 9.08. The molecule has 0 saturated carbocycles. The van der Waals surface area contributed by atoms with Gasteiger partial charge in [0.05, 0.1) is 0 Å². The van der Waals surface area contributed by atoms with Crippen molar-refractivity contribution in [3.8, 4) is 0 Å². The summed E-state index contributed by atoms with van der Waals surface area (Å²) < 4.78 is 0. The lowest BCUT2D eigenvalue weighted by molar-refractivity contribution is 1.16. The fraction of sp³-hybridized carbons (Fsp3) is 0.500. The number of hydrogen-bond acceptors (Lipinski definition) is 2. The van der Waals surface area contributed by atoms with Gasteiger partial charge in [0.2, 0.25) is 0 Å². The first-order chi connectivity index (χ1) is 4.57. The predicted octanol–water partition coefficient (Wildman–Crippen LogP) is 2.40. The third-order valence-electron chi connectivity index (χ3n) is 1.25. The minimum absolute atomic E-state index is 0.517. The molecule has 0 amide bonds. The molecule has 2 nitrogen and oxygen atoms in total. The highest BCUT2D eigenvalue weighted by Gasteiger charge is 1.95. The molecule has 0 rings (SSSR count). The van der Waals surface area contributed by atoms with Gasteiger partial charge in [0.15, 0.2) is 0 Å². The number of nitrogens with one attached hydrogen (secondary N) is 2. The molecule has 0 aliphatic carbocycles. The van der Waals surface area contributed by atoms with Gasteiger partial charge in [-0.1, -0.05) is 6.92 Å². The van der Waals surface area contributed by atoms with Crippen molar-refractivity contribution in [2.24, 2.45) is 0 Å². The Labute approximate surface area is 62.0 Å². The van der Waals surface area contributed by atoms with Crippen molar-refractivity contribution >= 4 is 11.4 Å². The topological polar surface area (TPSA) is 47.7 Å². The van der Waals surface area contributed by atoms with Crippen LogP contribution < -0.4 is 0 Å². The Morgan fingerprint density at radius 3 is 1.90 bits per heavy atom. The molecule has 0 aromatic heterocycles. The highest BCUT2D eigenvalue weighted by atomic mass is 14.4. The highest BCUT2D eigenvalue weighted by Crippen LogP contribution is 2.01. The van der Waals surface area contributed by atoms with E-state index in [9.17, 15) is 0 Å². The summed E-state index contributed by atoms with van der Waals surface area (Å²) in [7, 11) is 0. The quantitative estimate of drug-likeness (QED) is 0.563. The van der Waals surface area contributed by atoms with E-state index in [2.05, 4.69) is 0 Å². The lowest BCUT2D eigenvalue weighted by Crippen LogP contribution is -1.96. The zero-order valence-electron chi connectivity index (χ0n) is 6.78. The molecule has 0 aliphatic rings. The molecule has 0 radical (unpaired) electrons. The maximum absolute atomic E-state index is 7.28. The summed E-state index contributed by atoms with van der Waals surface area (Å²) in [5, 5.41) is 14.4. The van der Waals surface area contributed by atoms with Gasteiger partial charge in [0.25, 0.3) is 0 Å². The van der Waals surface area contributed by atoms with Crippen molar-refractivity contribution in [1.29, 1.82) is 10.8 Å². The van der Waals surface area contributed by atoms with E-state index in [1.807, 2.05) is 6.92 Å². The van der Waals surface area contributed by atoms with Crippen LogP contribution >= 0.6 is 0 Å². The second-order valence-electron chi connectivity index (χ2n) is 2.33. The van der Waals surface area contributed by atoms with E-state index in [-0.39, 0.29) is 0 Å². The molecule has 0 bridgehead atoms. The molecule has 0 unspecified atom stereocenters. The normalized spacial score (nSPS) is 11.3. The Hall–Kier alpha value is -0.920. The van der Waals surface area contributed by atoms with Crippen molar-refractivity contribution in [3.05, 3.63) is 11.6 Å². The second kappa shape index (κ2) is 3.99. The monoisotopic (exact) mass is 138 g/mol. The minimum atomic E-state index is 0.517. The molecular formula is C8H14N2. The Morgan fingerprint density at radius 1 is 1.30 bits per heavy atom. The standard InChI is InChI=1S/C8H14N2/c1-4-8(7(3)10)5-6(2)9/h5,9-10H,4H2,1-3H3/b8-5-,9-6?,10-7?.